The number of piperidine rings is 1. The van der Waals surface area contributed by atoms with Crippen molar-refractivity contribution < 1.29 is 9.59 Å². The fourth-order valence-corrected chi connectivity index (χ4v) is 3.40. The lowest BCUT2D eigenvalue weighted by molar-refractivity contribution is 0.0587. The van der Waals surface area contributed by atoms with E-state index < -0.39 is 0 Å². The molecule has 0 bridgehead atoms. The van der Waals surface area contributed by atoms with Gasteiger partial charge in [-0.05, 0) is 38.5 Å². The van der Waals surface area contributed by atoms with E-state index in [1.807, 2.05) is 4.90 Å². The van der Waals surface area contributed by atoms with Gasteiger partial charge >= 0.3 is 0 Å². The molecule has 3 heterocycles. The van der Waals surface area contributed by atoms with Crippen molar-refractivity contribution in [3.8, 4) is 0 Å². The summed E-state index contributed by atoms with van der Waals surface area (Å²) in [5.41, 5.74) is 0.724. The molecule has 1 unspecified atom stereocenters. The number of amides is 2. The molecule has 1 atom stereocenters. The van der Waals surface area contributed by atoms with Crippen molar-refractivity contribution in [1.82, 2.24) is 35.2 Å². The summed E-state index contributed by atoms with van der Waals surface area (Å²) in [5, 5.41) is 10.9. The van der Waals surface area contributed by atoms with Crippen LogP contribution in [0.3, 0.4) is 0 Å². The summed E-state index contributed by atoms with van der Waals surface area (Å²) in [6.45, 7) is 1.34. The van der Waals surface area contributed by atoms with E-state index in [0.29, 0.717) is 24.0 Å². The van der Waals surface area contributed by atoms with Crippen LogP contribution in [0.15, 0.2) is 24.8 Å². The molecule has 0 aromatic carbocycles. The third-order valence-electron chi connectivity index (χ3n) is 5.05. The molecule has 4 rings (SSSR count). The summed E-state index contributed by atoms with van der Waals surface area (Å²) in [6.07, 6.45) is 12.2. The Kier molecular flexibility index (Phi) is 5.08. The maximum atomic E-state index is 12.8. The Bertz CT molecular complexity index is 803. The lowest BCUT2D eigenvalue weighted by Crippen LogP contribution is -2.44. The smallest absolute Gasteiger partial charge is 0.274 e. The number of rotatable bonds is 6. The van der Waals surface area contributed by atoms with Gasteiger partial charge < -0.3 is 10.2 Å². The summed E-state index contributed by atoms with van der Waals surface area (Å²) in [7, 11) is 0. The molecule has 1 saturated heterocycles. The van der Waals surface area contributed by atoms with Gasteiger partial charge in [-0.1, -0.05) is 5.21 Å². The van der Waals surface area contributed by atoms with Crippen LogP contribution in [-0.4, -0.2) is 60.3 Å². The van der Waals surface area contributed by atoms with Crippen molar-refractivity contribution >= 4 is 11.8 Å². The van der Waals surface area contributed by atoms with Crippen molar-refractivity contribution in [3.63, 3.8) is 0 Å². The number of hydrogen-bond donors (Lipinski definition) is 1. The largest absolute Gasteiger partial charge is 0.348 e. The third kappa shape index (κ3) is 4.29. The highest BCUT2D eigenvalue weighted by atomic mass is 16.2. The van der Waals surface area contributed by atoms with Crippen LogP contribution in [0.4, 0.5) is 0 Å². The maximum absolute atomic E-state index is 12.8. The number of hydrogen-bond acceptors (Lipinski definition) is 6. The van der Waals surface area contributed by atoms with Crippen LogP contribution in [0, 0.1) is 0 Å². The second-order valence-corrected chi connectivity index (χ2v) is 7.14. The first-order chi connectivity index (χ1) is 13.2. The number of nitrogens with zero attached hydrogens (tertiary/aromatic N) is 6. The van der Waals surface area contributed by atoms with Crippen molar-refractivity contribution in [1.29, 1.82) is 0 Å². The monoisotopic (exact) mass is 369 g/mol. The molecule has 2 fully saturated rings. The molecule has 9 heteroatoms. The molecule has 0 spiro atoms. The predicted octanol–water partition coefficient (Wildman–Crippen LogP) is 1.05. The first-order valence-corrected chi connectivity index (χ1v) is 9.48. The van der Waals surface area contributed by atoms with Gasteiger partial charge in [0.15, 0.2) is 5.69 Å². The molecule has 2 amide bonds. The molecule has 9 nitrogen and oxygen atoms in total. The minimum Gasteiger partial charge on any atom is -0.348 e. The predicted molar refractivity (Wildman–Crippen MR) is 95.8 cm³/mol. The van der Waals surface area contributed by atoms with Gasteiger partial charge in [0.25, 0.3) is 11.8 Å². The maximum Gasteiger partial charge on any atom is 0.274 e. The zero-order chi connectivity index (χ0) is 18.6. The zero-order valence-corrected chi connectivity index (χ0v) is 15.1. The van der Waals surface area contributed by atoms with Gasteiger partial charge in [0, 0.05) is 37.6 Å². The molecule has 2 aromatic rings. The molecule has 1 saturated carbocycles. The van der Waals surface area contributed by atoms with E-state index in [0.717, 1.165) is 45.1 Å². The average Bonchev–Trinajstić information content (AvgIpc) is 3.39. The zero-order valence-electron chi connectivity index (χ0n) is 15.1. The van der Waals surface area contributed by atoms with E-state index in [1.165, 1.54) is 12.4 Å². The van der Waals surface area contributed by atoms with Gasteiger partial charge in [-0.15, -0.1) is 5.10 Å². The Morgan fingerprint density at radius 3 is 2.81 bits per heavy atom. The summed E-state index contributed by atoms with van der Waals surface area (Å²) >= 11 is 0. The van der Waals surface area contributed by atoms with E-state index in [-0.39, 0.29) is 17.9 Å². The summed E-state index contributed by atoms with van der Waals surface area (Å²) in [6, 6.07) is 0.423. The second-order valence-electron chi connectivity index (χ2n) is 7.14. The highest BCUT2D eigenvalue weighted by Crippen LogP contribution is 2.22. The number of aromatic nitrogens is 5. The van der Waals surface area contributed by atoms with Crippen LogP contribution in [-0.2, 0) is 6.54 Å². The summed E-state index contributed by atoms with van der Waals surface area (Å²) in [5.74, 6) is -0.239. The van der Waals surface area contributed by atoms with Crippen molar-refractivity contribution in [3.05, 3.63) is 36.2 Å². The number of likely N-dealkylation sites (tertiary alicyclic amines) is 1. The lowest BCUT2D eigenvalue weighted by Gasteiger charge is -2.35. The number of aryl methyl sites for hydroxylation is 1. The quantitative estimate of drug-likeness (QED) is 0.816. The fourth-order valence-electron chi connectivity index (χ4n) is 3.40. The van der Waals surface area contributed by atoms with Crippen LogP contribution in [0.1, 0.15) is 59.5 Å². The topological polar surface area (TPSA) is 106 Å². The molecule has 27 heavy (non-hydrogen) atoms. The Morgan fingerprint density at radius 1 is 1.15 bits per heavy atom. The molecular weight excluding hydrogens is 346 g/mol. The van der Waals surface area contributed by atoms with E-state index in [9.17, 15) is 9.59 Å². The molecule has 1 aliphatic carbocycles. The number of carbonyl (C=O) groups excluding carboxylic acids is 2. The highest BCUT2D eigenvalue weighted by molar-refractivity contribution is 5.92. The number of carbonyl (C=O) groups is 2. The van der Waals surface area contributed by atoms with Crippen LogP contribution >= 0.6 is 0 Å². The molecule has 1 aliphatic heterocycles. The van der Waals surface area contributed by atoms with Crippen molar-refractivity contribution in [2.24, 2.45) is 0 Å². The molecule has 2 aliphatic rings. The third-order valence-corrected chi connectivity index (χ3v) is 5.05. The minimum absolute atomic E-state index is 0.0732. The van der Waals surface area contributed by atoms with Crippen LogP contribution in [0.5, 0.6) is 0 Å². The van der Waals surface area contributed by atoms with Gasteiger partial charge in [0.05, 0.1) is 12.4 Å². The summed E-state index contributed by atoms with van der Waals surface area (Å²) in [4.78, 5) is 34.8. The van der Waals surface area contributed by atoms with Crippen molar-refractivity contribution in [2.45, 2.75) is 57.2 Å². The Labute approximate surface area is 157 Å². The van der Waals surface area contributed by atoms with Gasteiger partial charge in [-0.25, -0.2) is 4.98 Å². The number of nitrogens with one attached hydrogen (secondary N) is 1. The molecule has 142 valence electrons. The summed E-state index contributed by atoms with van der Waals surface area (Å²) < 4.78 is 1.68. The van der Waals surface area contributed by atoms with Gasteiger partial charge in [0.1, 0.15) is 5.69 Å². The Hall–Kier alpha value is -2.84. The average molecular weight is 369 g/mol. The second kappa shape index (κ2) is 7.81. The van der Waals surface area contributed by atoms with E-state index in [1.54, 1.807) is 17.1 Å². The normalized spacial score (nSPS) is 19.7. The lowest BCUT2D eigenvalue weighted by atomic mass is 9.99. The minimum atomic E-state index is -0.166. The highest BCUT2D eigenvalue weighted by Gasteiger charge is 2.28. The molecule has 1 N–H and O–H groups in total. The van der Waals surface area contributed by atoms with Gasteiger partial charge in [-0.3, -0.25) is 19.3 Å². The molecule has 2 aromatic heterocycles. The Morgan fingerprint density at radius 2 is 2.04 bits per heavy atom. The first-order valence-electron chi connectivity index (χ1n) is 9.48. The molecule has 0 radical (unpaired) electrons. The SMILES string of the molecule is O=C(NC1CC1)c1cn(CCC2CCCCN2C(=O)c2cnccn2)nn1. The van der Waals surface area contributed by atoms with Crippen molar-refractivity contribution in [2.75, 3.05) is 6.54 Å². The van der Waals surface area contributed by atoms with E-state index in [2.05, 4.69) is 25.6 Å². The van der Waals surface area contributed by atoms with Gasteiger partial charge in [0.2, 0.25) is 0 Å². The Balaban J connectivity index is 1.36. The first kappa shape index (κ1) is 17.6. The van der Waals surface area contributed by atoms with Crippen LogP contribution < -0.4 is 5.32 Å². The van der Waals surface area contributed by atoms with Gasteiger partial charge in [-0.2, -0.15) is 0 Å². The van der Waals surface area contributed by atoms with Crippen LogP contribution in [0.2, 0.25) is 0 Å². The standard InChI is InChI=1S/C18H23N7O2/c26-17(21-13-4-5-13)16-12-24(23-22-16)10-6-14-3-1-2-9-25(14)18(27)15-11-19-7-8-20-15/h7-8,11-14H,1-6,9-10H2,(H,21,26). The van der Waals surface area contributed by atoms with Crippen LogP contribution in [0.25, 0.3) is 0 Å². The van der Waals surface area contributed by atoms with E-state index in [4.69, 9.17) is 0 Å². The fraction of sp³-hybridized carbons (Fsp3) is 0.556. The molecular formula is C18H23N7O2. The van der Waals surface area contributed by atoms with E-state index >= 15 is 0 Å².